The van der Waals surface area contributed by atoms with E-state index in [1.165, 1.54) is 0 Å². The molecule has 18 N–H and O–H groups in total. The highest BCUT2D eigenvalue weighted by atomic mass is 32.1. The van der Waals surface area contributed by atoms with Gasteiger partial charge in [0.05, 0.1) is 0 Å². The summed E-state index contributed by atoms with van der Waals surface area (Å²) in [6, 6.07) is -2.15. The van der Waals surface area contributed by atoms with E-state index in [2.05, 4.69) is 23.3 Å². The van der Waals surface area contributed by atoms with Crippen molar-refractivity contribution in [3.63, 3.8) is 0 Å². The largest absolute Gasteiger partial charge is 0.480 e. The molecule has 15 nitrogen and oxygen atoms in total. The quantitative estimate of drug-likeness (QED) is 0.197. The molecular weight excluding hydrogens is 386 g/mol. The first-order chi connectivity index (χ1) is 9.27. The van der Waals surface area contributed by atoms with Crippen molar-refractivity contribution in [2.75, 3.05) is 12.3 Å². The molecule has 0 radical (unpaired) electrons. The Bertz CT molecular complexity index is 397. The highest BCUT2D eigenvalue weighted by Crippen LogP contribution is 1.97. The van der Waals surface area contributed by atoms with Crippen LogP contribution in [0.2, 0.25) is 0 Å². The molecule has 0 aliphatic heterocycles. The average molecular weight is 415 g/mol. The van der Waals surface area contributed by atoms with Crippen LogP contribution >= 0.6 is 12.6 Å². The van der Waals surface area contributed by atoms with Crippen molar-refractivity contribution in [2.45, 2.75) is 24.9 Å². The molecule has 0 aromatic rings. The summed E-state index contributed by atoms with van der Waals surface area (Å²) in [4.78, 5) is 43.7. The predicted molar refractivity (Wildman–Crippen MR) is 93.0 cm³/mol. The lowest BCUT2D eigenvalue weighted by Crippen LogP contribution is -2.49. The molecule has 0 unspecified atom stereocenters. The molecule has 0 fully saturated rings. The molecule has 2 amide bonds. The molecule has 16 heteroatoms. The molecule has 162 valence electrons. The molecule has 0 aromatic carbocycles. The van der Waals surface area contributed by atoms with Crippen molar-refractivity contribution < 1.29 is 62.2 Å². The number of thiol groups is 1. The van der Waals surface area contributed by atoms with Crippen LogP contribution in [0.1, 0.15) is 12.8 Å². The number of hydrogen-bond acceptors (Lipinski definition) is 6. The smallest absolute Gasteiger partial charge is 0.322 e. The minimum Gasteiger partial charge on any atom is -0.480 e. The van der Waals surface area contributed by atoms with Gasteiger partial charge in [-0.2, -0.15) is 12.6 Å². The molecular formula is C10H29N3O12S. The van der Waals surface area contributed by atoms with Crippen molar-refractivity contribution in [1.82, 2.24) is 10.6 Å². The van der Waals surface area contributed by atoms with Crippen LogP contribution in [0.4, 0.5) is 0 Å². The average Bonchev–Trinajstić information content (AvgIpc) is 2.38. The molecule has 0 aliphatic carbocycles. The third-order valence-electron chi connectivity index (χ3n) is 2.25. The van der Waals surface area contributed by atoms with Gasteiger partial charge in [-0.25, -0.2) is 0 Å². The maximum Gasteiger partial charge on any atom is 0.322 e. The summed E-state index contributed by atoms with van der Waals surface area (Å²) in [6.45, 7) is -0.567. The molecule has 0 aliphatic rings. The van der Waals surface area contributed by atoms with Gasteiger partial charge in [0.25, 0.3) is 0 Å². The van der Waals surface area contributed by atoms with E-state index < -0.39 is 42.4 Å². The van der Waals surface area contributed by atoms with E-state index in [0.29, 0.717) is 0 Å². The van der Waals surface area contributed by atoms with Crippen LogP contribution < -0.4 is 16.4 Å². The van der Waals surface area contributed by atoms with Gasteiger partial charge in [-0.05, 0) is 6.42 Å². The highest BCUT2D eigenvalue weighted by molar-refractivity contribution is 7.80. The van der Waals surface area contributed by atoms with Crippen molar-refractivity contribution in [1.29, 1.82) is 0 Å². The zero-order valence-electron chi connectivity index (χ0n) is 13.5. The van der Waals surface area contributed by atoms with Crippen LogP contribution in [0, 0.1) is 0 Å². The Hall–Kier alpha value is -2.05. The second kappa shape index (κ2) is 22.9. The molecule has 0 aromatic heterocycles. The van der Waals surface area contributed by atoms with Gasteiger partial charge in [0.2, 0.25) is 11.8 Å². The molecule has 0 spiro atoms. The summed E-state index contributed by atoms with van der Waals surface area (Å²) < 4.78 is 0. The van der Waals surface area contributed by atoms with E-state index in [0.717, 1.165) is 0 Å². The fourth-order valence-electron chi connectivity index (χ4n) is 1.16. The van der Waals surface area contributed by atoms with Crippen molar-refractivity contribution >= 4 is 36.4 Å². The number of aliphatic carboxylic acids is 2. The second-order valence-electron chi connectivity index (χ2n) is 3.90. The van der Waals surface area contributed by atoms with Gasteiger partial charge in [-0.3, -0.25) is 19.2 Å². The molecule has 2 atom stereocenters. The van der Waals surface area contributed by atoms with Crippen LogP contribution in [0.3, 0.4) is 0 Å². The van der Waals surface area contributed by atoms with Crippen LogP contribution in [0.15, 0.2) is 0 Å². The van der Waals surface area contributed by atoms with Gasteiger partial charge in [-0.1, -0.05) is 0 Å². The van der Waals surface area contributed by atoms with E-state index in [9.17, 15) is 19.2 Å². The molecule has 0 heterocycles. The Kier molecular flexibility index (Phi) is 38.8. The lowest BCUT2D eigenvalue weighted by atomic mass is 10.1. The lowest BCUT2D eigenvalue weighted by molar-refractivity contribution is -0.139. The van der Waals surface area contributed by atoms with Crippen LogP contribution in [-0.4, -0.2) is 91.2 Å². The van der Waals surface area contributed by atoms with Crippen molar-refractivity contribution in [3.8, 4) is 0 Å². The first-order valence-electron chi connectivity index (χ1n) is 5.66. The van der Waals surface area contributed by atoms with E-state index >= 15 is 0 Å². The van der Waals surface area contributed by atoms with Gasteiger partial charge in [-0.15, -0.1) is 0 Å². The standard InChI is InChI=1S/C10H17N3O6S.6H2O/c11-5(10(18)19)1-2-7(14)13-6(4-20)9(17)12-3-8(15)16;;;;;;/h5-6,20H,1-4,11H2,(H,12,17)(H,13,14)(H,15,16)(H,18,19);6*1H2/t5-,6-;;;;;;/m0....../s1. The minimum atomic E-state index is -1.22. The highest BCUT2D eigenvalue weighted by Gasteiger charge is 2.20. The first-order valence-corrected chi connectivity index (χ1v) is 6.29. The zero-order chi connectivity index (χ0) is 15.7. The first kappa shape index (κ1) is 43.9. The van der Waals surface area contributed by atoms with Crippen molar-refractivity contribution in [2.24, 2.45) is 5.73 Å². The number of nitrogens with two attached hydrogens (primary N) is 1. The fraction of sp³-hybridized carbons (Fsp3) is 0.600. The van der Waals surface area contributed by atoms with Gasteiger partial charge in [0.15, 0.2) is 0 Å². The van der Waals surface area contributed by atoms with Gasteiger partial charge >= 0.3 is 11.9 Å². The van der Waals surface area contributed by atoms with Gasteiger partial charge in [0, 0.05) is 12.2 Å². The Morgan fingerprint density at radius 1 is 0.962 bits per heavy atom. The normalized spacial score (nSPS) is 10.1. The maximum absolute atomic E-state index is 11.5. The number of carbonyl (C=O) groups is 4. The summed E-state index contributed by atoms with van der Waals surface area (Å²) in [6.07, 6.45) is -0.235. The third kappa shape index (κ3) is 20.0. The number of carboxylic acids is 2. The summed E-state index contributed by atoms with van der Waals surface area (Å²) in [7, 11) is 0. The number of amides is 2. The van der Waals surface area contributed by atoms with Crippen LogP contribution in [0.25, 0.3) is 0 Å². The van der Waals surface area contributed by atoms with Crippen LogP contribution in [0.5, 0.6) is 0 Å². The Labute approximate surface area is 153 Å². The Balaban J connectivity index is -0.000000120. The molecule has 0 saturated heterocycles. The number of rotatable bonds is 9. The SMILES string of the molecule is N[C@@H](CCC(=O)N[C@@H](CS)C(=O)NCC(=O)O)C(=O)O.O.O.O.O.O.O. The van der Waals surface area contributed by atoms with Crippen LogP contribution in [-0.2, 0) is 19.2 Å². The molecule has 0 saturated carbocycles. The van der Waals surface area contributed by atoms with Gasteiger partial charge < -0.3 is 59.4 Å². The summed E-state index contributed by atoms with van der Waals surface area (Å²) in [5.74, 6) is -3.70. The Morgan fingerprint density at radius 3 is 1.77 bits per heavy atom. The third-order valence-corrected chi connectivity index (χ3v) is 2.61. The number of carbonyl (C=O) groups excluding carboxylic acids is 2. The fourth-order valence-corrected chi connectivity index (χ4v) is 1.41. The summed E-state index contributed by atoms with van der Waals surface area (Å²) in [5, 5.41) is 21.4. The number of hydrogen-bond donors (Lipinski definition) is 6. The minimum absolute atomic E-state index is 0. The van der Waals surface area contributed by atoms with Crippen molar-refractivity contribution in [3.05, 3.63) is 0 Å². The summed E-state index contributed by atoms with van der Waals surface area (Å²) >= 11 is 3.87. The monoisotopic (exact) mass is 415 g/mol. The summed E-state index contributed by atoms with van der Waals surface area (Å²) in [5.41, 5.74) is 5.23. The van der Waals surface area contributed by atoms with Gasteiger partial charge in [0.1, 0.15) is 18.6 Å². The van der Waals surface area contributed by atoms with E-state index in [4.69, 9.17) is 15.9 Å². The van der Waals surface area contributed by atoms with E-state index in [-0.39, 0.29) is 51.5 Å². The van der Waals surface area contributed by atoms with E-state index in [1.54, 1.807) is 0 Å². The predicted octanol–water partition coefficient (Wildman–Crippen LogP) is -7.15. The maximum atomic E-state index is 11.5. The molecule has 26 heavy (non-hydrogen) atoms. The Morgan fingerprint density at radius 2 is 1.42 bits per heavy atom. The topological polar surface area (TPSA) is 348 Å². The molecule has 0 rings (SSSR count). The number of carboxylic acid groups (broad SMARTS) is 2. The zero-order valence-corrected chi connectivity index (χ0v) is 14.4. The lowest BCUT2D eigenvalue weighted by Gasteiger charge is -2.16. The van der Waals surface area contributed by atoms with E-state index in [1.807, 2.05) is 0 Å². The second-order valence-corrected chi connectivity index (χ2v) is 4.26. The molecule has 0 bridgehead atoms. The number of nitrogens with one attached hydrogen (secondary N) is 2.